The molecule has 1 nitrogen and oxygen atoms in total. The van der Waals surface area contributed by atoms with E-state index in [0.717, 1.165) is 24.0 Å². The molecule has 4 aromatic rings. The molecule has 0 aliphatic rings. The summed E-state index contributed by atoms with van der Waals surface area (Å²) in [6.45, 7) is 0. The largest absolute Gasteiger partial charge is 0.289 e. The highest BCUT2D eigenvalue weighted by atomic mass is 16.1. The lowest BCUT2D eigenvalue weighted by Crippen LogP contribution is -2.01. The van der Waals surface area contributed by atoms with Gasteiger partial charge in [-0.05, 0) is 35.1 Å². The van der Waals surface area contributed by atoms with E-state index in [1.165, 1.54) is 22.3 Å². The van der Waals surface area contributed by atoms with Crippen molar-refractivity contribution < 1.29 is 4.79 Å². The van der Waals surface area contributed by atoms with Gasteiger partial charge in [-0.1, -0.05) is 133 Å². The van der Waals surface area contributed by atoms with Gasteiger partial charge in [0.25, 0.3) is 0 Å². The molecule has 1 heteroatoms. The summed E-state index contributed by atoms with van der Waals surface area (Å²) in [5.74, 6) is 0.0581. The number of hydrogen-bond acceptors (Lipinski definition) is 1. The minimum Gasteiger partial charge on any atom is -0.289 e. The molecule has 0 bridgehead atoms. The first-order valence-corrected chi connectivity index (χ1v) is 10.9. The van der Waals surface area contributed by atoms with Crippen molar-refractivity contribution in [3.05, 3.63) is 155 Å². The van der Waals surface area contributed by atoms with E-state index in [4.69, 9.17) is 0 Å². The van der Waals surface area contributed by atoms with Gasteiger partial charge >= 0.3 is 0 Å². The van der Waals surface area contributed by atoms with E-state index in [2.05, 4.69) is 48.6 Å². The van der Waals surface area contributed by atoms with Crippen molar-refractivity contribution in [2.24, 2.45) is 0 Å². The molecule has 0 fully saturated rings. The molecule has 4 aromatic carbocycles. The van der Waals surface area contributed by atoms with E-state index in [-0.39, 0.29) is 5.78 Å². The molecule has 0 radical (unpaired) electrons. The van der Waals surface area contributed by atoms with Gasteiger partial charge in [0, 0.05) is 11.1 Å². The van der Waals surface area contributed by atoms with Crippen LogP contribution in [0.25, 0.3) is 12.2 Å². The van der Waals surface area contributed by atoms with Gasteiger partial charge in [0.05, 0.1) is 0 Å². The lowest BCUT2D eigenvalue weighted by atomic mass is 9.99. The Morgan fingerprint density at radius 1 is 0.500 bits per heavy atom. The summed E-state index contributed by atoms with van der Waals surface area (Å²) >= 11 is 0. The van der Waals surface area contributed by atoms with E-state index in [0.29, 0.717) is 0 Å². The maximum Gasteiger partial charge on any atom is 0.193 e. The number of rotatable bonds is 8. The number of carbonyl (C=O) groups excluding carboxylic acids is 1. The third-order valence-corrected chi connectivity index (χ3v) is 5.36. The molecule has 0 heterocycles. The second-order valence-corrected chi connectivity index (χ2v) is 7.76. The summed E-state index contributed by atoms with van der Waals surface area (Å²) in [4.78, 5) is 12.8. The van der Waals surface area contributed by atoms with Crippen LogP contribution in [0.2, 0.25) is 0 Å². The van der Waals surface area contributed by atoms with Crippen molar-refractivity contribution in [2.45, 2.75) is 12.8 Å². The van der Waals surface area contributed by atoms with Crippen LogP contribution < -0.4 is 0 Å². The Hall–Kier alpha value is -3.97. The lowest BCUT2D eigenvalue weighted by Gasteiger charge is -2.04. The van der Waals surface area contributed by atoms with Crippen LogP contribution in [-0.2, 0) is 12.8 Å². The van der Waals surface area contributed by atoms with Crippen LogP contribution in [0, 0.1) is 0 Å². The van der Waals surface area contributed by atoms with Crippen molar-refractivity contribution in [2.75, 3.05) is 0 Å². The van der Waals surface area contributed by atoms with E-state index >= 15 is 0 Å². The van der Waals surface area contributed by atoms with Crippen LogP contribution in [0.3, 0.4) is 0 Å². The first-order chi connectivity index (χ1) is 15.8. The highest BCUT2D eigenvalue weighted by Gasteiger charge is 2.08. The molecule has 0 aliphatic carbocycles. The second kappa shape index (κ2) is 10.9. The highest BCUT2D eigenvalue weighted by Crippen LogP contribution is 2.14. The smallest absolute Gasteiger partial charge is 0.193 e. The van der Waals surface area contributed by atoms with Crippen LogP contribution in [0.1, 0.15) is 38.2 Å². The summed E-state index contributed by atoms with van der Waals surface area (Å²) in [5, 5.41) is 0. The first-order valence-electron chi connectivity index (χ1n) is 10.9. The molecule has 4 rings (SSSR count). The molecule has 0 aromatic heterocycles. The summed E-state index contributed by atoms with van der Waals surface area (Å²) in [6.07, 6.45) is 10.2. The van der Waals surface area contributed by atoms with Gasteiger partial charge in [0.15, 0.2) is 5.78 Å². The summed E-state index contributed by atoms with van der Waals surface area (Å²) in [5.41, 5.74) is 6.20. The molecule has 32 heavy (non-hydrogen) atoms. The fraction of sp³-hybridized carbons (Fsp3) is 0.0645. The third-order valence-electron chi connectivity index (χ3n) is 5.36. The van der Waals surface area contributed by atoms with Gasteiger partial charge in [0.2, 0.25) is 0 Å². The monoisotopic (exact) mass is 414 g/mol. The van der Waals surface area contributed by atoms with Gasteiger partial charge in [-0.25, -0.2) is 0 Å². The predicted molar refractivity (Wildman–Crippen MR) is 135 cm³/mol. The molecule has 0 aliphatic heterocycles. The molecule has 0 saturated carbocycles. The van der Waals surface area contributed by atoms with Crippen LogP contribution in [0.15, 0.2) is 121 Å². The molecule has 0 saturated heterocycles. The van der Waals surface area contributed by atoms with E-state index in [1.807, 2.05) is 84.9 Å². The zero-order valence-corrected chi connectivity index (χ0v) is 18.0. The Morgan fingerprint density at radius 2 is 0.875 bits per heavy atom. The van der Waals surface area contributed by atoms with Gasteiger partial charge in [0.1, 0.15) is 0 Å². The number of benzene rings is 4. The molecule has 0 spiro atoms. The summed E-state index contributed by atoms with van der Waals surface area (Å²) in [7, 11) is 0. The van der Waals surface area contributed by atoms with E-state index < -0.39 is 0 Å². The van der Waals surface area contributed by atoms with Crippen LogP contribution in [0.4, 0.5) is 0 Å². The molecule has 0 N–H and O–H groups in total. The zero-order chi connectivity index (χ0) is 22.0. The van der Waals surface area contributed by atoms with Gasteiger partial charge < -0.3 is 0 Å². The lowest BCUT2D eigenvalue weighted by molar-refractivity contribution is 0.103. The van der Waals surface area contributed by atoms with Crippen LogP contribution in [-0.4, -0.2) is 5.78 Å². The summed E-state index contributed by atoms with van der Waals surface area (Å²) in [6, 6.07) is 36.3. The molecule has 0 atom stereocenters. The van der Waals surface area contributed by atoms with Gasteiger partial charge in [-0.2, -0.15) is 0 Å². The SMILES string of the molecule is O=C(c1ccc(C/C=C/c2ccccc2)cc1)c1ccc(C/C=C/c2ccccc2)cc1. The minimum atomic E-state index is 0.0581. The Morgan fingerprint density at radius 3 is 1.25 bits per heavy atom. The number of allylic oxidation sites excluding steroid dienone is 2. The normalized spacial score (nSPS) is 11.2. The average Bonchev–Trinajstić information content (AvgIpc) is 2.86. The molecular weight excluding hydrogens is 388 g/mol. The van der Waals surface area contributed by atoms with Crippen LogP contribution in [0.5, 0.6) is 0 Å². The number of hydrogen-bond donors (Lipinski definition) is 0. The first kappa shape index (κ1) is 21.3. The molecule has 156 valence electrons. The fourth-order valence-corrected chi connectivity index (χ4v) is 3.54. The Bertz CT molecular complexity index is 1090. The van der Waals surface area contributed by atoms with Crippen molar-refractivity contribution >= 4 is 17.9 Å². The van der Waals surface area contributed by atoms with Crippen molar-refractivity contribution in [1.82, 2.24) is 0 Å². The molecular formula is C31H26O. The third kappa shape index (κ3) is 6.02. The van der Waals surface area contributed by atoms with Crippen molar-refractivity contribution in [3.63, 3.8) is 0 Å². The zero-order valence-electron chi connectivity index (χ0n) is 18.0. The second-order valence-electron chi connectivity index (χ2n) is 7.76. The standard InChI is InChI=1S/C31H26O/c32-31(29-21-17-27(18-22-29)15-7-13-25-9-3-1-4-10-25)30-23-19-28(20-24-30)16-8-14-26-11-5-2-6-12-26/h1-14,17-24H,15-16H2/b13-7+,14-8+. The Kier molecular flexibility index (Phi) is 7.23. The van der Waals surface area contributed by atoms with Crippen molar-refractivity contribution in [1.29, 1.82) is 0 Å². The highest BCUT2D eigenvalue weighted by molar-refractivity contribution is 6.09. The molecule has 0 unspecified atom stereocenters. The van der Waals surface area contributed by atoms with E-state index in [9.17, 15) is 4.79 Å². The quantitative estimate of drug-likeness (QED) is 0.274. The Balaban J connectivity index is 1.33. The fourth-order valence-electron chi connectivity index (χ4n) is 3.54. The Labute approximate surface area is 190 Å². The van der Waals surface area contributed by atoms with E-state index in [1.54, 1.807) is 0 Å². The maximum atomic E-state index is 12.8. The number of carbonyl (C=O) groups is 1. The topological polar surface area (TPSA) is 17.1 Å². The molecule has 0 amide bonds. The average molecular weight is 415 g/mol. The van der Waals surface area contributed by atoms with Crippen LogP contribution >= 0.6 is 0 Å². The summed E-state index contributed by atoms with van der Waals surface area (Å²) < 4.78 is 0. The predicted octanol–water partition coefficient (Wildman–Crippen LogP) is 7.43. The minimum absolute atomic E-state index is 0.0581. The number of ketones is 1. The van der Waals surface area contributed by atoms with Gasteiger partial charge in [-0.15, -0.1) is 0 Å². The van der Waals surface area contributed by atoms with Crippen molar-refractivity contribution in [3.8, 4) is 0 Å². The van der Waals surface area contributed by atoms with Gasteiger partial charge in [-0.3, -0.25) is 4.79 Å². The maximum absolute atomic E-state index is 12.8.